The number of hydrogen-bond acceptors (Lipinski definition) is 5. The number of ether oxygens (including phenoxy) is 2. The van der Waals surface area contributed by atoms with Crippen LogP contribution in [0.25, 0.3) is 11.0 Å². The lowest BCUT2D eigenvalue weighted by Gasteiger charge is -2.19. The summed E-state index contributed by atoms with van der Waals surface area (Å²) < 4.78 is 29.4. The molecule has 3 aromatic rings. The summed E-state index contributed by atoms with van der Waals surface area (Å²) >= 11 is 0. The molecule has 3 rings (SSSR count). The fraction of sp³-hybridized carbons (Fsp3) is 0.200. The number of carboxylic acid groups (broad SMARTS) is 1. The van der Waals surface area contributed by atoms with Gasteiger partial charge < -0.3 is 19.0 Å². The van der Waals surface area contributed by atoms with Crippen molar-refractivity contribution >= 4 is 16.9 Å². The molecule has 0 fully saturated rings. The summed E-state index contributed by atoms with van der Waals surface area (Å²) in [6.45, 7) is 3.06. The van der Waals surface area contributed by atoms with Gasteiger partial charge in [0.25, 0.3) is 0 Å². The summed E-state index contributed by atoms with van der Waals surface area (Å²) in [4.78, 5) is 23.7. The highest BCUT2D eigenvalue weighted by Gasteiger charge is 2.28. The van der Waals surface area contributed by atoms with Crippen molar-refractivity contribution in [1.82, 2.24) is 0 Å². The molecule has 0 aliphatic carbocycles. The highest BCUT2D eigenvalue weighted by Crippen LogP contribution is 2.25. The van der Waals surface area contributed by atoms with Crippen molar-refractivity contribution in [2.24, 2.45) is 5.41 Å². The minimum absolute atomic E-state index is 0.0326. The van der Waals surface area contributed by atoms with Gasteiger partial charge in [-0.15, -0.1) is 0 Å². The molecule has 0 aliphatic rings. The first-order valence-electron chi connectivity index (χ1n) is 8.11. The molecule has 6 nitrogen and oxygen atoms in total. The highest BCUT2D eigenvalue weighted by molar-refractivity contribution is 5.79. The second-order valence-electron chi connectivity index (χ2n) is 6.62. The smallest absolute Gasteiger partial charge is 0.312 e. The maximum atomic E-state index is 13.0. The second-order valence-corrected chi connectivity index (χ2v) is 6.62. The first-order valence-corrected chi connectivity index (χ1v) is 8.11. The van der Waals surface area contributed by atoms with Crippen LogP contribution in [0.5, 0.6) is 17.2 Å². The average Bonchev–Trinajstić information content (AvgIpc) is 2.64. The van der Waals surface area contributed by atoms with E-state index in [-0.39, 0.29) is 23.3 Å². The fourth-order valence-corrected chi connectivity index (χ4v) is 2.21. The molecular formula is C20H17FO6. The topological polar surface area (TPSA) is 86.0 Å². The van der Waals surface area contributed by atoms with E-state index in [4.69, 9.17) is 19.0 Å². The van der Waals surface area contributed by atoms with Crippen LogP contribution in [0.15, 0.2) is 57.9 Å². The van der Waals surface area contributed by atoms with Gasteiger partial charge in [-0.05, 0) is 50.2 Å². The largest absolute Gasteiger partial charge is 0.492 e. The third-order valence-corrected chi connectivity index (χ3v) is 3.93. The third-order valence-electron chi connectivity index (χ3n) is 3.93. The van der Waals surface area contributed by atoms with Crippen LogP contribution < -0.4 is 14.9 Å². The lowest BCUT2D eigenvalue weighted by Crippen LogP contribution is -2.30. The molecule has 1 aromatic heterocycles. The predicted octanol–water partition coefficient (Wildman–Crippen LogP) is 4.21. The number of rotatable bonds is 6. The number of halogens is 1. The van der Waals surface area contributed by atoms with Crippen molar-refractivity contribution in [3.05, 3.63) is 64.8 Å². The number of carboxylic acids is 1. The Hall–Kier alpha value is -3.35. The first-order chi connectivity index (χ1) is 12.8. The number of aliphatic carboxylic acids is 1. The van der Waals surface area contributed by atoms with Crippen LogP contribution in [-0.2, 0) is 4.79 Å². The van der Waals surface area contributed by atoms with E-state index in [1.54, 1.807) is 19.9 Å². The van der Waals surface area contributed by atoms with E-state index in [1.165, 1.54) is 42.7 Å². The van der Waals surface area contributed by atoms with Crippen molar-refractivity contribution in [1.29, 1.82) is 0 Å². The predicted molar refractivity (Wildman–Crippen MR) is 95.9 cm³/mol. The molecule has 0 unspecified atom stereocenters. The molecule has 0 atom stereocenters. The van der Waals surface area contributed by atoms with Crippen LogP contribution >= 0.6 is 0 Å². The maximum absolute atomic E-state index is 13.0. The van der Waals surface area contributed by atoms with Crippen molar-refractivity contribution in [2.75, 3.05) is 6.61 Å². The van der Waals surface area contributed by atoms with Gasteiger partial charge in [-0.25, -0.2) is 4.39 Å². The van der Waals surface area contributed by atoms with E-state index in [2.05, 4.69) is 0 Å². The lowest BCUT2D eigenvalue weighted by molar-refractivity contribution is -0.148. The molecule has 7 heteroatoms. The van der Waals surface area contributed by atoms with E-state index in [0.717, 1.165) is 0 Å². The Morgan fingerprint density at radius 2 is 1.81 bits per heavy atom. The van der Waals surface area contributed by atoms with Gasteiger partial charge in [0.1, 0.15) is 35.8 Å². The normalized spacial score (nSPS) is 11.4. The first kappa shape index (κ1) is 18.4. The summed E-state index contributed by atoms with van der Waals surface area (Å²) in [5, 5.41) is 9.40. The van der Waals surface area contributed by atoms with Gasteiger partial charge in [-0.1, -0.05) is 0 Å². The zero-order valence-corrected chi connectivity index (χ0v) is 14.7. The van der Waals surface area contributed by atoms with Gasteiger partial charge in [-0.3, -0.25) is 9.59 Å². The van der Waals surface area contributed by atoms with Gasteiger partial charge in [0.05, 0.1) is 10.8 Å². The Labute approximate surface area is 153 Å². The molecule has 27 heavy (non-hydrogen) atoms. The average molecular weight is 372 g/mol. The minimum Gasteiger partial charge on any atom is -0.492 e. The van der Waals surface area contributed by atoms with Crippen molar-refractivity contribution in [3.8, 4) is 17.2 Å². The van der Waals surface area contributed by atoms with Gasteiger partial charge in [-0.2, -0.15) is 0 Å². The summed E-state index contributed by atoms with van der Waals surface area (Å²) in [6, 6.07) is 9.83. The minimum atomic E-state index is -1.05. The van der Waals surface area contributed by atoms with Crippen LogP contribution in [0.3, 0.4) is 0 Å². The number of hydrogen-bond donors (Lipinski definition) is 1. The van der Waals surface area contributed by atoms with Crippen molar-refractivity contribution < 1.29 is 28.2 Å². The van der Waals surface area contributed by atoms with E-state index in [9.17, 15) is 14.0 Å². The van der Waals surface area contributed by atoms with Gasteiger partial charge in [0, 0.05) is 6.07 Å². The highest BCUT2D eigenvalue weighted by atomic mass is 19.1. The lowest BCUT2D eigenvalue weighted by atomic mass is 9.95. The molecule has 1 N–H and O–H groups in total. The van der Waals surface area contributed by atoms with Crippen LogP contribution in [0.1, 0.15) is 13.8 Å². The van der Waals surface area contributed by atoms with Gasteiger partial charge in [0.15, 0.2) is 0 Å². The molecular weight excluding hydrogens is 355 g/mol. The Balaban J connectivity index is 1.84. The second kappa shape index (κ2) is 7.11. The van der Waals surface area contributed by atoms with E-state index < -0.39 is 22.6 Å². The number of benzene rings is 2. The molecule has 0 spiro atoms. The Bertz CT molecular complexity index is 1040. The quantitative estimate of drug-likeness (QED) is 0.697. The SMILES string of the molecule is CC(C)(COc1ccc2c(=O)c(Oc3ccc(F)cc3)coc2c1)C(=O)O. The zero-order chi connectivity index (χ0) is 19.6. The molecule has 0 bridgehead atoms. The van der Waals surface area contributed by atoms with Crippen LogP contribution in [-0.4, -0.2) is 17.7 Å². The van der Waals surface area contributed by atoms with E-state index >= 15 is 0 Å². The summed E-state index contributed by atoms with van der Waals surface area (Å²) in [5.74, 6) is -0.732. The third kappa shape index (κ3) is 4.08. The molecule has 0 saturated heterocycles. The summed E-state index contributed by atoms with van der Waals surface area (Å²) in [6.07, 6.45) is 1.17. The Morgan fingerprint density at radius 3 is 2.48 bits per heavy atom. The van der Waals surface area contributed by atoms with Crippen molar-refractivity contribution in [3.63, 3.8) is 0 Å². The van der Waals surface area contributed by atoms with Crippen molar-refractivity contribution in [2.45, 2.75) is 13.8 Å². The molecule has 140 valence electrons. The van der Waals surface area contributed by atoms with Gasteiger partial charge >= 0.3 is 5.97 Å². The molecule has 1 heterocycles. The molecule has 2 aromatic carbocycles. The van der Waals surface area contributed by atoms with Crippen LogP contribution in [0, 0.1) is 11.2 Å². The van der Waals surface area contributed by atoms with Crippen LogP contribution in [0.4, 0.5) is 4.39 Å². The van der Waals surface area contributed by atoms with E-state index in [1.807, 2.05) is 0 Å². The van der Waals surface area contributed by atoms with Gasteiger partial charge in [0.2, 0.25) is 11.2 Å². The van der Waals surface area contributed by atoms with E-state index in [0.29, 0.717) is 11.5 Å². The van der Waals surface area contributed by atoms with Crippen LogP contribution in [0.2, 0.25) is 0 Å². The Kier molecular flexibility index (Phi) is 4.85. The Morgan fingerprint density at radius 1 is 1.15 bits per heavy atom. The maximum Gasteiger partial charge on any atom is 0.312 e. The molecule has 0 radical (unpaired) electrons. The molecule has 0 aliphatic heterocycles. The standard InChI is InChI=1S/C20H17FO6/c1-20(2,19(23)24)11-26-14-7-8-15-16(9-14)25-10-17(18(15)22)27-13-5-3-12(21)4-6-13/h3-10H,11H2,1-2H3,(H,23,24). The summed E-state index contributed by atoms with van der Waals surface area (Å²) in [5.41, 5.74) is -1.17. The zero-order valence-electron chi connectivity index (χ0n) is 14.7. The number of fused-ring (bicyclic) bond motifs is 1. The molecule has 0 amide bonds. The molecule has 0 saturated carbocycles. The fourth-order valence-electron chi connectivity index (χ4n) is 2.21. The monoisotopic (exact) mass is 372 g/mol. The number of carbonyl (C=O) groups is 1. The summed E-state index contributed by atoms with van der Waals surface area (Å²) in [7, 11) is 0.